The number of amides is 1. The van der Waals surface area contributed by atoms with Crippen LogP contribution in [0.3, 0.4) is 0 Å². The topological polar surface area (TPSA) is 55.1 Å². The number of hydrogen-bond acceptors (Lipinski definition) is 3. The lowest BCUT2D eigenvalue weighted by Gasteiger charge is -2.03. The van der Waals surface area contributed by atoms with Crippen LogP contribution in [0, 0.1) is 20.8 Å². The van der Waals surface area contributed by atoms with Crippen LogP contribution in [0.25, 0.3) is 6.08 Å². The van der Waals surface area contributed by atoms with Crippen molar-refractivity contribution in [3.05, 3.63) is 53.1 Å². The first-order valence-corrected chi connectivity index (χ1v) is 6.04. The minimum Gasteiger partial charge on any atom is -0.462 e. The van der Waals surface area contributed by atoms with Crippen LogP contribution < -0.4 is 5.32 Å². The zero-order chi connectivity index (χ0) is 13.8. The van der Waals surface area contributed by atoms with Crippen molar-refractivity contribution in [2.75, 3.05) is 5.32 Å². The lowest BCUT2D eigenvalue weighted by molar-refractivity contribution is -0.111. The standard InChI is InChI=1S/C15H16N2O2/c1-10-8-11(2)16-14(9-10)17-15(18)7-6-13-5-4-12(3)19-13/h4-9H,1-3H3,(H,16,17,18). The second-order valence-corrected chi connectivity index (χ2v) is 4.44. The second-order valence-electron chi connectivity index (χ2n) is 4.44. The zero-order valence-corrected chi connectivity index (χ0v) is 11.2. The Morgan fingerprint density at radius 3 is 2.68 bits per heavy atom. The summed E-state index contributed by atoms with van der Waals surface area (Å²) >= 11 is 0. The predicted octanol–water partition coefficient (Wildman–Crippen LogP) is 3.25. The van der Waals surface area contributed by atoms with E-state index in [2.05, 4.69) is 10.3 Å². The number of anilines is 1. The third-order valence-electron chi connectivity index (χ3n) is 2.51. The minimum absolute atomic E-state index is 0.230. The summed E-state index contributed by atoms with van der Waals surface area (Å²) in [5.41, 5.74) is 1.94. The number of rotatable bonds is 3. The van der Waals surface area contributed by atoms with Gasteiger partial charge in [0.2, 0.25) is 5.91 Å². The Labute approximate surface area is 112 Å². The molecule has 2 heterocycles. The Hall–Kier alpha value is -2.36. The van der Waals surface area contributed by atoms with Crippen LogP contribution in [0.4, 0.5) is 5.82 Å². The Bertz CT molecular complexity index is 607. The molecule has 0 atom stereocenters. The SMILES string of the molecule is Cc1cc(C)nc(NC(=O)C=Cc2ccc(C)o2)c1. The minimum atomic E-state index is -0.230. The van der Waals surface area contributed by atoms with Crippen LogP contribution in [-0.4, -0.2) is 10.9 Å². The highest BCUT2D eigenvalue weighted by Gasteiger charge is 2.01. The molecule has 0 spiro atoms. The first-order valence-electron chi connectivity index (χ1n) is 6.04. The fourth-order valence-corrected chi connectivity index (χ4v) is 1.77. The van der Waals surface area contributed by atoms with Crippen LogP contribution in [0.1, 0.15) is 22.8 Å². The van der Waals surface area contributed by atoms with Gasteiger partial charge in [0, 0.05) is 11.8 Å². The van der Waals surface area contributed by atoms with Gasteiger partial charge in [0.15, 0.2) is 0 Å². The van der Waals surface area contributed by atoms with Gasteiger partial charge in [0.25, 0.3) is 0 Å². The number of carbonyl (C=O) groups is 1. The van der Waals surface area contributed by atoms with Crippen LogP contribution in [0.15, 0.2) is 34.8 Å². The van der Waals surface area contributed by atoms with Gasteiger partial charge in [-0.15, -0.1) is 0 Å². The molecule has 0 aliphatic carbocycles. The molecular formula is C15H16N2O2. The number of furan rings is 1. The van der Waals surface area contributed by atoms with E-state index in [0.29, 0.717) is 11.6 Å². The molecular weight excluding hydrogens is 240 g/mol. The maximum Gasteiger partial charge on any atom is 0.249 e. The number of aromatic nitrogens is 1. The number of pyridine rings is 1. The van der Waals surface area contributed by atoms with E-state index in [1.807, 2.05) is 45.0 Å². The third-order valence-corrected chi connectivity index (χ3v) is 2.51. The molecule has 4 nitrogen and oxygen atoms in total. The van der Waals surface area contributed by atoms with Gasteiger partial charge in [0.05, 0.1) is 0 Å². The van der Waals surface area contributed by atoms with Gasteiger partial charge in [0.1, 0.15) is 17.3 Å². The molecule has 1 N–H and O–H groups in total. The van der Waals surface area contributed by atoms with Crippen molar-refractivity contribution in [1.82, 2.24) is 4.98 Å². The summed E-state index contributed by atoms with van der Waals surface area (Å²) < 4.78 is 5.34. The monoisotopic (exact) mass is 256 g/mol. The molecule has 0 saturated heterocycles. The third kappa shape index (κ3) is 3.81. The molecule has 0 fully saturated rings. The summed E-state index contributed by atoms with van der Waals surface area (Å²) in [7, 11) is 0. The van der Waals surface area contributed by atoms with Crippen LogP contribution in [0.2, 0.25) is 0 Å². The first kappa shape index (κ1) is 13.1. The molecule has 0 aliphatic rings. The van der Waals surface area contributed by atoms with E-state index >= 15 is 0 Å². The maximum absolute atomic E-state index is 11.7. The van der Waals surface area contributed by atoms with Crippen molar-refractivity contribution in [2.45, 2.75) is 20.8 Å². The van der Waals surface area contributed by atoms with E-state index in [1.54, 1.807) is 6.08 Å². The van der Waals surface area contributed by atoms with Crippen molar-refractivity contribution in [2.24, 2.45) is 0 Å². The van der Waals surface area contributed by atoms with E-state index in [-0.39, 0.29) is 5.91 Å². The number of aryl methyl sites for hydroxylation is 3. The van der Waals surface area contributed by atoms with Gasteiger partial charge >= 0.3 is 0 Å². The summed E-state index contributed by atoms with van der Waals surface area (Å²) in [6.07, 6.45) is 3.06. The second kappa shape index (κ2) is 5.52. The highest BCUT2D eigenvalue weighted by Crippen LogP contribution is 2.10. The number of nitrogens with zero attached hydrogens (tertiary/aromatic N) is 1. The van der Waals surface area contributed by atoms with Gasteiger partial charge in [-0.3, -0.25) is 4.79 Å². The molecule has 2 aromatic heterocycles. The van der Waals surface area contributed by atoms with Crippen LogP contribution >= 0.6 is 0 Å². The quantitative estimate of drug-likeness (QED) is 0.857. The average molecular weight is 256 g/mol. The molecule has 1 amide bonds. The van der Waals surface area contributed by atoms with Gasteiger partial charge in [-0.25, -0.2) is 4.98 Å². The number of hydrogen-bond donors (Lipinski definition) is 1. The Morgan fingerprint density at radius 1 is 1.26 bits per heavy atom. The van der Waals surface area contributed by atoms with Gasteiger partial charge in [-0.05, 0) is 56.7 Å². The molecule has 0 unspecified atom stereocenters. The smallest absolute Gasteiger partial charge is 0.249 e. The molecule has 2 rings (SSSR count). The molecule has 0 bridgehead atoms. The van der Waals surface area contributed by atoms with Crippen molar-refractivity contribution in [3.8, 4) is 0 Å². The average Bonchev–Trinajstić information content (AvgIpc) is 2.71. The van der Waals surface area contributed by atoms with E-state index < -0.39 is 0 Å². The van der Waals surface area contributed by atoms with E-state index in [9.17, 15) is 4.79 Å². The molecule has 98 valence electrons. The highest BCUT2D eigenvalue weighted by atomic mass is 16.3. The van der Waals surface area contributed by atoms with Crippen molar-refractivity contribution < 1.29 is 9.21 Å². The van der Waals surface area contributed by atoms with Crippen molar-refractivity contribution >= 4 is 17.8 Å². The molecule has 0 aromatic carbocycles. The maximum atomic E-state index is 11.7. The normalized spacial score (nSPS) is 10.9. The first-order chi connectivity index (χ1) is 9.02. The highest BCUT2D eigenvalue weighted by molar-refractivity contribution is 6.01. The van der Waals surface area contributed by atoms with Crippen LogP contribution in [0.5, 0.6) is 0 Å². The largest absolute Gasteiger partial charge is 0.462 e. The van der Waals surface area contributed by atoms with E-state index in [1.165, 1.54) is 6.08 Å². The Balaban J connectivity index is 2.03. The summed E-state index contributed by atoms with van der Waals surface area (Å²) in [4.78, 5) is 16.0. The van der Waals surface area contributed by atoms with E-state index in [4.69, 9.17) is 4.42 Å². The summed E-state index contributed by atoms with van der Waals surface area (Å²) in [6, 6.07) is 7.45. The molecule has 19 heavy (non-hydrogen) atoms. The summed E-state index contributed by atoms with van der Waals surface area (Å²) in [5, 5.41) is 2.72. The molecule has 0 aliphatic heterocycles. The fourth-order valence-electron chi connectivity index (χ4n) is 1.77. The molecule has 4 heteroatoms. The lowest BCUT2D eigenvalue weighted by Crippen LogP contribution is -2.09. The van der Waals surface area contributed by atoms with Gasteiger partial charge in [-0.1, -0.05) is 0 Å². The summed E-state index contributed by atoms with van der Waals surface area (Å²) in [6.45, 7) is 5.72. The van der Waals surface area contributed by atoms with Gasteiger partial charge < -0.3 is 9.73 Å². The molecule has 0 saturated carbocycles. The van der Waals surface area contributed by atoms with E-state index in [0.717, 1.165) is 17.0 Å². The lowest BCUT2D eigenvalue weighted by atomic mass is 10.2. The fraction of sp³-hybridized carbons (Fsp3) is 0.200. The van der Waals surface area contributed by atoms with Crippen molar-refractivity contribution in [1.29, 1.82) is 0 Å². The predicted molar refractivity (Wildman–Crippen MR) is 74.8 cm³/mol. The number of carbonyl (C=O) groups excluding carboxylic acids is 1. The Morgan fingerprint density at radius 2 is 2.05 bits per heavy atom. The summed E-state index contributed by atoms with van der Waals surface area (Å²) in [5.74, 6) is 1.80. The molecule has 2 aromatic rings. The van der Waals surface area contributed by atoms with Crippen molar-refractivity contribution in [3.63, 3.8) is 0 Å². The zero-order valence-electron chi connectivity index (χ0n) is 11.2. The number of nitrogens with one attached hydrogen (secondary N) is 1. The van der Waals surface area contributed by atoms with Gasteiger partial charge in [-0.2, -0.15) is 0 Å². The molecule has 0 radical (unpaired) electrons. The van der Waals surface area contributed by atoms with Crippen LogP contribution in [-0.2, 0) is 4.79 Å². The Kier molecular flexibility index (Phi) is 3.80.